The van der Waals surface area contributed by atoms with Gasteiger partial charge in [-0.15, -0.1) is 0 Å². The molecule has 0 aliphatic carbocycles. The summed E-state index contributed by atoms with van der Waals surface area (Å²) >= 11 is 18.8. The lowest BCUT2D eigenvalue weighted by Gasteiger charge is -2.34. The van der Waals surface area contributed by atoms with E-state index in [1.54, 1.807) is 36.4 Å². The number of hydrogen-bond donors (Lipinski definition) is 1. The maximum atomic E-state index is 12.6. The number of carbonyl (C=O) groups is 1. The van der Waals surface area contributed by atoms with Crippen molar-refractivity contribution in [1.29, 1.82) is 0 Å². The van der Waals surface area contributed by atoms with Crippen molar-refractivity contribution < 1.29 is 9.21 Å². The summed E-state index contributed by atoms with van der Waals surface area (Å²) in [7, 11) is 2.11. The molecule has 30 heavy (non-hydrogen) atoms. The molecule has 3 aromatic rings. The Kier molecular flexibility index (Phi) is 6.25. The van der Waals surface area contributed by atoms with Crippen LogP contribution in [-0.2, 0) is 0 Å². The minimum Gasteiger partial charge on any atom is -0.451 e. The van der Waals surface area contributed by atoms with E-state index in [1.165, 1.54) is 0 Å². The predicted octanol–water partition coefficient (Wildman–Crippen LogP) is 5.91. The highest BCUT2D eigenvalue weighted by Crippen LogP contribution is 2.34. The van der Waals surface area contributed by atoms with Crippen LogP contribution in [0.3, 0.4) is 0 Å². The summed E-state index contributed by atoms with van der Waals surface area (Å²) in [6, 6.07) is 14.1. The Morgan fingerprint density at radius 2 is 1.73 bits per heavy atom. The topological polar surface area (TPSA) is 48.7 Å². The average molecular weight is 465 g/mol. The molecule has 156 valence electrons. The first kappa shape index (κ1) is 21.1. The van der Waals surface area contributed by atoms with Crippen LogP contribution < -0.4 is 10.2 Å². The van der Waals surface area contributed by atoms with Gasteiger partial charge in [0.15, 0.2) is 5.76 Å². The van der Waals surface area contributed by atoms with Crippen LogP contribution in [0.25, 0.3) is 11.3 Å². The number of hydrogen-bond acceptors (Lipinski definition) is 4. The maximum absolute atomic E-state index is 12.6. The Morgan fingerprint density at radius 3 is 2.47 bits per heavy atom. The highest BCUT2D eigenvalue weighted by molar-refractivity contribution is 6.43. The van der Waals surface area contributed by atoms with E-state index in [-0.39, 0.29) is 11.7 Å². The molecule has 1 aromatic heterocycles. The minimum atomic E-state index is -0.372. The summed E-state index contributed by atoms with van der Waals surface area (Å²) in [5.74, 6) is 0.263. The molecule has 0 saturated carbocycles. The normalized spacial score (nSPS) is 14.7. The lowest BCUT2D eigenvalue weighted by atomic mass is 10.2. The number of furan rings is 1. The standard InChI is InChI=1S/C22H20Cl3N3O2/c1-27-9-11-28(12-10-27)18-6-5-14(13-17(18)24)26-22(29)20-8-7-19(30-20)15-3-2-4-16(23)21(15)25/h2-8,13H,9-12H2,1H3,(H,26,29). The van der Waals surface area contributed by atoms with Gasteiger partial charge in [0.1, 0.15) is 5.76 Å². The monoisotopic (exact) mass is 463 g/mol. The summed E-state index contributed by atoms with van der Waals surface area (Å²) in [5, 5.41) is 4.23. The third kappa shape index (κ3) is 4.44. The molecule has 0 bridgehead atoms. The second-order valence-electron chi connectivity index (χ2n) is 7.18. The first-order chi connectivity index (χ1) is 14.4. The lowest BCUT2D eigenvalue weighted by molar-refractivity contribution is 0.0997. The molecular weight excluding hydrogens is 445 g/mol. The Balaban J connectivity index is 1.47. The van der Waals surface area contributed by atoms with Crippen LogP contribution in [-0.4, -0.2) is 44.0 Å². The molecule has 1 N–H and O–H groups in total. The van der Waals surface area contributed by atoms with Crippen LogP contribution in [0.5, 0.6) is 0 Å². The molecule has 0 unspecified atom stereocenters. The van der Waals surface area contributed by atoms with Gasteiger partial charge in [-0.1, -0.05) is 40.9 Å². The molecular formula is C22H20Cl3N3O2. The van der Waals surface area contributed by atoms with Gasteiger partial charge in [-0.3, -0.25) is 4.79 Å². The first-order valence-corrected chi connectivity index (χ1v) is 10.6. The Hall–Kier alpha value is -2.18. The number of halogens is 3. The number of likely N-dealkylation sites (N-methyl/N-ethyl adjacent to an activating group) is 1. The predicted molar refractivity (Wildman–Crippen MR) is 123 cm³/mol. The fourth-order valence-corrected chi connectivity index (χ4v) is 4.07. The van der Waals surface area contributed by atoms with Crippen molar-refractivity contribution in [1.82, 2.24) is 4.90 Å². The minimum absolute atomic E-state index is 0.167. The van der Waals surface area contributed by atoms with E-state index in [0.717, 1.165) is 31.9 Å². The van der Waals surface area contributed by atoms with Gasteiger partial charge in [0.05, 0.1) is 20.8 Å². The molecule has 5 nitrogen and oxygen atoms in total. The van der Waals surface area contributed by atoms with Crippen molar-refractivity contribution in [3.8, 4) is 11.3 Å². The van der Waals surface area contributed by atoms with Gasteiger partial charge < -0.3 is 19.5 Å². The number of nitrogens with zero attached hydrogens (tertiary/aromatic N) is 2. The molecule has 2 aromatic carbocycles. The third-order valence-corrected chi connectivity index (χ3v) is 6.22. The fraction of sp³-hybridized carbons (Fsp3) is 0.227. The number of piperazine rings is 1. The molecule has 0 atom stereocenters. The van der Waals surface area contributed by atoms with Crippen molar-refractivity contribution in [2.24, 2.45) is 0 Å². The molecule has 2 heterocycles. The van der Waals surface area contributed by atoms with Gasteiger partial charge >= 0.3 is 0 Å². The van der Waals surface area contributed by atoms with E-state index in [1.807, 2.05) is 12.1 Å². The van der Waals surface area contributed by atoms with Crippen LogP contribution in [0.2, 0.25) is 15.1 Å². The van der Waals surface area contributed by atoms with Crippen LogP contribution in [0.4, 0.5) is 11.4 Å². The van der Waals surface area contributed by atoms with Gasteiger partial charge in [0, 0.05) is 37.4 Å². The number of anilines is 2. The van der Waals surface area contributed by atoms with Crippen molar-refractivity contribution in [2.75, 3.05) is 43.4 Å². The van der Waals surface area contributed by atoms with E-state index in [2.05, 4.69) is 22.2 Å². The lowest BCUT2D eigenvalue weighted by Crippen LogP contribution is -2.44. The number of rotatable bonds is 4. The summed E-state index contributed by atoms with van der Waals surface area (Å²) < 4.78 is 5.70. The summed E-state index contributed by atoms with van der Waals surface area (Å²) in [5.41, 5.74) is 2.20. The van der Waals surface area contributed by atoms with Crippen LogP contribution in [0, 0.1) is 0 Å². The SMILES string of the molecule is CN1CCN(c2ccc(NC(=O)c3ccc(-c4cccc(Cl)c4Cl)o3)cc2Cl)CC1. The molecule has 1 fully saturated rings. The van der Waals surface area contributed by atoms with E-state index < -0.39 is 0 Å². The quantitative estimate of drug-likeness (QED) is 0.521. The van der Waals surface area contributed by atoms with Gasteiger partial charge in [-0.2, -0.15) is 0 Å². The average Bonchev–Trinajstić information content (AvgIpc) is 3.21. The van der Waals surface area contributed by atoms with Gasteiger partial charge in [0.2, 0.25) is 0 Å². The van der Waals surface area contributed by atoms with E-state index in [4.69, 9.17) is 39.2 Å². The van der Waals surface area contributed by atoms with Crippen LogP contribution in [0.15, 0.2) is 52.9 Å². The van der Waals surface area contributed by atoms with E-state index >= 15 is 0 Å². The molecule has 1 aliphatic rings. The maximum Gasteiger partial charge on any atom is 0.291 e. The van der Waals surface area contributed by atoms with Crippen molar-refractivity contribution in [3.05, 3.63) is 69.4 Å². The summed E-state index contributed by atoms with van der Waals surface area (Å²) in [6.45, 7) is 3.82. The van der Waals surface area contributed by atoms with E-state index in [0.29, 0.717) is 32.1 Å². The number of benzene rings is 2. The molecule has 8 heteroatoms. The highest BCUT2D eigenvalue weighted by Gasteiger charge is 2.18. The fourth-order valence-electron chi connectivity index (χ4n) is 3.38. The summed E-state index contributed by atoms with van der Waals surface area (Å²) in [6.07, 6.45) is 0. The number of amides is 1. The van der Waals surface area contributed by atoms with Crippen molar-refractivity contribution >= 4 is 52.1 Å². The smallest absolute Gasteiger partial charge is 0.291 e. The highest BCUT2D eigenvalue weighted by atomic mass is 35.5. The van der Waals surface area contributed by atoms with Crippen LogP contribution in [0.1, 0.15) is 10.6 Å². The Labute approximate surface area is 190 Å². The largest absolute Gasteiger partial charge is 0.451 e. The van der Waals surface area contributed by atoms with Crippen LogP contribution >= 0.6 is 34.8 Å². The molecule has 0 spiro atoms. The van der Waals surface area contributed by atoms with Gasteiger partial charge in [0.25, 0.3) is 5.91 Å². The van der Waals surface area contributed by atoms with Crippen molar-refractivity contribution in [2.45, 2.75) is 0 Å². The molecule has 1 amide bonds. The first-order valence-electron chi connectivity index (χ1n) is 9.51. The summed E-state index contributed by atoms with van der Waals surface area (Å²) in [4.78, 5) is 17.2. The van der Waals surface area contributed by atoms with Gasteiger partial charge in [-0.05, 0) is 49.5 Å². The molecule has 1 saturated heterocycles. The van der Waals surface area contributed by atoms with E-state index in [9.17, 15) is 4.79 Å². The van der Waals surface area contributed by atoms with Gasteiger partial charge in [-0.25, -0.2) is 0 Å². The number of carbonyl (C=O) groups excluding carboxylic acids is 1. The number of nitrogens with one attached hydrogen (secondary N) is 1. The Bertz CT molecular complexity index is 1080. The molecule has 0 radical (unpaired) electrons. The second-order valence-corrected chi connectivity index (χ2v) is 8.37. The third-order valence-electron chi connectivity index (χ3n) is 5.10. The zero-order chi connectivity index (χ0) is 21.3. The Morgan fingerprint density at radius 1 is 0.967 bits per heavy atom. The van der Waals surface area contributed by atoms with Crippen molar-refractivity contribution in [3.63, 3.8) is 0 Å². The molecule has 1 aliphatic heterocycles. The zero-order valence-corrected chi connectivity index (χ0v) is 18.6. The second kappa shape index (κ2) is 8.90. The molecule has 4 rings (SSSR count). The zero-order valence-electron chi connectivity index (χ0n) is 16.3.